The standard InChI is InChI=1S/C21H28O/c1-3-5-12-19(9-4-2)20-13-15-21(16-14-20)22-17-18-10-7-6-8-11-18/h6-8,10-11,13-16,19H,3-5,9,12,17H2,1-2H3. The summed E-state index contributed by atoms with van der Waals surface area (Å²) in [6.45, 7) is 5.17. The van der Waals surface area contributed by atoms with E-state index in [1.165, 1.54) is 43.2 Å². The Bertz CT molecular complexity index is 515. The average Bonchev–Trinajstić information content (AvgIpc) is 2.58. The van der Waals surface area contributed by atoms with E-state index in [1.807, 2.05) is 18.2 Å². The van der Waals surface area contributed by atoms with Gasteiger partial charge in [-0.25, -0.2) is 0 Å². The van der Waals surface area contributed by atoms with Crippen molar-refractivity contribution < 1.29 is 4.74 Å². The molecule has 0 aliphatic heterocycles. The zero-order chi connectivity index (χ0) is 15.6. The molecule has 0 aliphatic rings. The molecule has 0 saturated carbocycles. The Balaban J connectivity index is 1.93. The van der Waals surface area contributed by atoms with Crippen molar-refractivity contribution in [1.29, 1.82) is 0 Å². The summed E-state index contributed by atoms with van der Waals surface area (Å²) in [4.78, 5) is 0. The van der Waals surface area contributed by atoms with Crippen LogP contribution >= 0.6 is 0 Å². The van der Waals surface area contributed by atoms with Crippen molar-refractivity contribution >= 4 is 0 Å². The van der Waals surface area contributed by atoms with Crippen LogP contribution in [0.15, 0.2) is 54.6 Å². The molecule has 1 atom stereocenters. The zero-order valence-electron chi connectivity index (χ0n) is 13.9. The summed E-state index contributed by atoms with van der Waals surface area (Å²) >= 11 is 0. The number of ether oxygens (including phenoxy) is 1. The second kappa shape index (κ2) is 9.30. The van der Waals surface area contributed by atoms with Crippen LogP contribution in [0.2, 0.25) is 0 Å². The second-order valence-electron chi connectivity index (χ2n) is 5.97. The molecule has 0 saturated heterocycles. The molecule has 0 amide bonds. The SMILES string of the molecule is CCCCC(CCC)c1ccc(OCc2ccccc2)cc1. The number of unbranched alkanes of at least 4 members (excludes halogenated alkanes) is 1. The number of hydrogen-bond acceptors (Lipinski definition) is 1. The Labute approximate surface area is 135 Å². The summed E-state index contributed by atoms with van der Waals surface area (Å²) in [5, 5.41) is 0. The molecule has 0 N–H and O–H groups in total. The summed E-state index contributed by atoms with van der Waals surface area (Å²) in [5.74, 6) is 1.66. The number of rotatable bonds is 9. The minimum Gasteiger partial charge on any atom is -0.489 e. The summed E-state index contributed by atoms with van der Waals surface area (Å²) in [6, 6.07) is 19.0. The fourth-order valence-electron chi connectivity index (χ4n) is 2.85. The Hall–Kier alpha value is -1.76. The minimum absolute atomic E-state index is 0.633. The van der Waals surface area contributed by atoms with Gasteiger partial charge in [0, 0.05) is 0 Å². The molecule has 0 radical (unpaired) electrons. The van der Waals surface area contributed by atoms with E-state index in [4.69, 9.17) is 4.74 Å². The van der Waals surface area contributed by atoms with Crippen LogP contribution in [0.25, 0.3) is 0 Å². The van der Waals surface area contributed by atoms with Crippen molar-refractivity contribution in [2.75, 3.05) is 0 Å². The highest BCUT2D eigenvalue weighted by molar-refractivity contribution is 5.30. The van der Waals surface area contributed by atoms with Crippen LogP contribution in [0.5, 0.6) is 5.75 Å². The van der Waals surface area contributed by atoms with Crippen molar-refractivity contribution in [3.8, 4) is 5.75 Å². The van der Waals surface area contributed by atoms with Gasteiger partial charge in [-0.2, -0.15) is 0 Å². The molecule has 0 fully saturated rings. The molecule has 1 nitrogen and oxygen atoms in total. The van der Waals surface area contributed by atoms with Crippen LogP contribution in [-0.2, 0) is 6.61 Å². The minimum atomic E-state index is 0.633. The van der Waals surface area contributed by atoms with E-state index >= 15 is 0 Å². The van der Waals surface area contributed by atoms with Gasteiger partial charge < -0.3 is 4.74 Å². The van der Waals surface area contributed by atoms with Crippen LogP contribution < -0.4 is 4.74 Å². The predicted octanol–water partition coefficient (Wildman–Crippen LogP) is 6.34. The first kappa shape index (κ1) is 16.6. The van der Waals surface area contributed by atoms with Gasteiger partial charge in [-0.15, -0.1) is 0 Å². The number of benzene rings is 2. The topological polar surface area (TPSA) is 9.23 Å². The van der Waals surface area contributed by atoms with E-state index in [9.17, 15) is 0 Å². The van der Waals surface area contributed by atoms with E-state index in [2.05, 4.69) is 50.2 Å². The zero-order valence-corrected chi connectivity index (χ0v) is 13.9. The van der Waals surface area contributed by atoms with Crippen LogP contribution in [0, 0.1) is 0 Å². The van der Waals surface area contributed by atoms with Gasteiger partial charge in [0.15, 0.2) is 0 Å². The van der Waals surface area contributed by atoms with Crippen molar-refractivity contribution in [1.82, 2.24) is 0 Å². The smallest absolute Gasteiger partial charge is 0.119 e. The third-order valence-corrected chi connectivity index (χ3v) is 4.14. The largest absolute Gasteiger partial charge is 0.489 e. The lowest BCUT2D eigenvalue weighted by Crippen LogP contribution is -2.00. The van der Waals surface area contributed by atoms with Crippen LogP contribution in [0.1, 0.15) is 63.0 Å². The van der Waals surface area contributed by atoms with Gasteiger partial charge >= 0.3 is 0 Å². The maximum atomic E-state index is 5.87. The molecule has 118 valence electrons. The molecule has 1 unspecified atom stereocenters. The van der Waals surface area contributed by atoms with E-state index < -0.39 is 0 Å². The summed E-state index contributed by atoms with van der Waals surface area (Å²) in [7, 11) is 0. The van der Waals surface area contributed by atoms with E-state index in [1.54, 1.807) is 0 Å². The van der Waals surface area contributed by atoms with E-state index in [0.717, 1.165) is 5.75 Å². The molecule has 2 aromatic carbocycles. The molecular weight excluding hydrogens is 268 g/mol. The lowest BCUT2D eigenvalue weighted by Gasteiger charge is -2.17. The lowest BCUT2D eigenvalue weighted by atomic mass is 9.90. The van der Waals surface area contributed by atoms with Gasteiger partial charge in [-0.3, -0.25) is 0 Å². The summed E-state index contributed by atoms with van der Waals surface area (Å²) in [5.41, 5.74) is 2.67. The highest BCUT2D eigenvalue weighted by Gasteiger charge is 2.10. The third-order valence-electron chi connectivity index (χ3n) is 4.14. The first-order valence-electron chi connectivity index (χ1n) is 8.60. The first-order chi connectivity index (χ1) is 10.8. The molecule has 22 heavy (non-hydrogen) atoms. The van der Waals surface area contributed by atoms with Crippen molar-refractivity contribution in [3.05, 3.63) is 65.7 Å². The van der Waals surface area contributed by atoms with Crippen molar-refractivity contribution in [2.24, 2.45) is 0 Å². The molecule has 0 aliphatic carbocycles. The van der Waals surface area contributed by atoms with Crippen LogP contribution in [-0.4, -0.2) is 0 Å². The Morgan fingerprint density at radius 3 is 2.18 bits per heavy atom. The summed E-state index contributed by atoms with van der Waals surface area (Å²) in [6.07, 6.45) is 6.43. The molecule has 0 aromatic heterocycles. The molecular formula is C21H28O. The molecule has 0 bridgehead atoms. The predicted molar refractivity (Wildman–Crippen MR) is 94.4 cm³/mol. The Morgan fingerprint density at radius 1 is 0.818 bits per heavy atom. The molecule has 2 rings (SSSR count). The maximum Gasteiger partial charge on any atom is 0.119 e. The van der Waals surface area contributed by atoms with Crippen LogP contribution in [0.3, 0.4) is 0 Å². The second-order valence-corrected chi connectivity index (χ2v) is 5.97. The van der Waals surface area contributed by atoms with Gasteiger partial charge in [0.2, 0.25) is 0 Å². The van der Waals surface area contributed by atoms with Gasteiger partial charge in [0.1, 0.15) is 12.4 Å². The quantitative estimate of drug-likeness (QED) is 0.524. The molecule has 0 spiro atoms. The highest BCUT2D eigenvalue weighted by Crippen LogP contribution is 2.28. The summed E-state index contributed by atoms with van der Waals surface area (Å²) < 4.78 is 5.87. The van der Waals surface area contributed by atoms with Gasteiger partial charge in [0.05, 0.1) is 0 Å². The Kier molecular flexibility index (Phi) is 7.02. The fraction of sp³-hybridized carbons (Fsp3) is 0.429. The number of hydrogen-bond donors (Lipinski definition) is 0. The average molecular weight is 296 g/mol. The molecule has 1 heteroatoms. The highest BCUT2D eigenvalue weighted by atomic mass is 16.5. The van der Waals surface area contributed by atoms with E-state index in [-0.39, 0.29) is 0 Å². The lowest BCUT2D eigenvalue weighted by molar-refractivity contribution is 0.306. The molecule has 0 heterocycles. The van der Waals surface area contributed by atoms with Crippen molar-refractivity contribution in [2.45, 2.75) is 58.5 Å². The van der Waals surface area contributed by atoms with E-state index in [0.29, 0.717) is 12.5 Å². The Morgan fingerprint density at radius 2 is 1.55 bits per heavy atom. The normalized spacial score (nSPS) is 12.1. The van der Waals surface area contributed by atoms with Gasteiger partial charge in [-0.1, -0.05) is 75.6 Å². The fourth-order valence-corrected chi connectivity index (χ4v) is 2.85. The maximum absolute atomic E-state index is 5.87. The first-order valence-corrected chi connectivity index (χ1v) is 8.60. The van der Waals surface area contributed by atoms with Crippen molar-refractivity contribution in [3.63, 3.8) is 0 Å². The van der Waals surface area contributed by atoms with Gasteiger partial charge in [0.25, 0.3) is 0 Å². The molecule has 2 aromatic rings. The van der Waals surface area contributed by atoms with Crippen LogP contribution in [0.4, 0.5) is 0 Å². The van der Waals surface area contributed by atoms with Gasteiger partial charge in [-0.05, 0) is 42.0 Å². The third kappa shape index (κ3) is 5.22. The monoisotopic (exact) mass is 296 g/mol.